The number of hydrogen-bond donors (Lipinski definition) is 3. The summed E-state index contributed by atoms with van der Waals surface area (Å²) in [7, 11) is 5.68. The van der Waals surface area contributed by atoms with Crippen molar-refractivity contribution in [2.24, 2.45) is 10.9 Å². The highest BCUT2D eigenvalue weighted by Crippen LogP contribution is 2.32. The fraction of sp³-hybridized carbons (Fsp3) is 0.688. The molecule has 0 bridgehead atoms. The van der Waals surface area contributed by atoms with Crippen molar-refractivity contribution in [3.05, 3.63) is 11.1 Å². The SMILES string of the molecule is CCOC(=O)NC(CNC(=NC)NCc1csc(N(C)C)n1)C1CC1.I. The lowest BCUT2D eigenvalue weighted by Crippen LogP contribution is -2.48. The molecule has 1 amide bonds. The maximum absolute atomic E-state index is 11.6. The highest BCUT2D eigenvalue weighted by Gasteiger charge is 2.32. The van der Waals surface area contributed by atoms with Crippen LogP contribution >= 0.6 is 35.3 Å². The van der Waals surface area contributed by atoms with Gasteiger partial charge in [0.15, 0.2) is 11.1 Å². The number of aliphatic imine (C=N–C) groups is 1. The van der Waals surface area contributed by atoms with Crippen molar-refractivity contribution >= 4 is 52.5 Å². The fourth-order valence-electron chi connectivity index (χ4n) is 2.34. The summed E-state index contributed by atoms with van der Waals surface area (Å²) < 4.78 is 4.98. The van der Waals surface area contributed by atoms with Crippen LogP contribution in [0.25, 0.3) is 0 Å². The van der Waals surface area contributed by atoms with Crippen molar-refractivity contribution in [2.45, 2.75) is 32.4 Å². The molecule has 0 radical (unpaired) electrons. The third kappa shape index (κ3) is 7.52. The molecule has 1 aliphatic carbocycles. The van der Waals surface area contributed by atoms with Crippen LogP contribution in [0.1, 0.15) is 25.5 Å². The molecule has 1 aromatic rings. The Kier molecular flexibility index (Phi) is 9.99. The van der Waals surface area contributed by atoms with Gasteiger partial charge < -0.3 is 25.6 Å². The number of halogens is 1. The van der Waals surface area contributed by atoms with Gasteiger partial charge in [0.25, 0.3) is 0 Å². The Labute approximate surface area is 176 Å². The van der Waals surface area contributed by atoms with Crippen molar-refractivity contribution in [3.8, 4) is 0 Å². The van der Waals surface area contributed by atoms with Crippen LogP contribution in [0.5, 0.6) is 0 Å². The van der Waals surface area contributed by atoms with Gasteiger partial charge in [-0.25, -0.2) is 9.78 Å². The van der Waals surface area contributed by atoms with Gasteiger partial charge >= 0.3 is 6.09 Å². The van der Waals surface area contributed by atoms with Crippen LogP contribution in [0, 0.1) is 5.92 Å². The van der Waals surface area contributed by atoms with E-state index in [2.05, 4.69) is 25.9 Å². The zero-order valence-corrected chi connectivity index (χ0v) is 18.9. The lowest BCUT2D eigenvalue weighted by Gasteiger charge is -2.20. The first kappa shape index (κ1) is 22.7. The van der Waals surface area contributed by atoms with E-state index < -0.39 is 0 Å². The number of carbonyl (C=O) groups is 1. The summed E-state index contributed by atoms with van der Waals surface area (Å²) in [5, 5.41) is 12.5. The van der Waals surface area contributed by atoms with E-state index >= 15 is 0 Å². The van der Waals surface area contributed by atoms with E-state index in [1.54, 1.807) is 25.3 Å². The first-order valence-electron chi connectivity index (χ1n) is 8.53. The Hall–Kier alpha value is -1.30. The normalized spacial score (nSPS) is 14.8. The number of carbonyl (C=O) groups excluding carboxylic acids is 1. The van der Waals surface area contributed by atoms with E-state index in [0.717, 1.165) is 23.7 Å². The molecule has 1 heterocycles. The Morgan fingerprint density at radius 3 is 2.73 bits per heavy atom. The van der Waals surface area contributed by atoms with E-state index in [0.29, 0.717) is 31.6 Å². The van der Waals surface area contributed by atoms with E-state index in [1.165, 1.54) is 0 Å². The molecule has 0 aromatic carbocycles. The third-order valence-electron chi connectivity index (χ3n) is 3.84. The molecule has 1 atom stereocenters. The summed E-state index contributed by atoms with van der Waals surface area (Å²) in [6.45, 7) is 3.39. The minimum Gasteiger partial charge on any atom is -0.450 e. The summed E-state index contributed by atoms with van der Waals surface area (Å²) in [5.41, 5.74) is 0.972. The topological polar surface area (TPSA) is 90.9 Å². The standard InChI is InChI=1S/C16H28N6O2S.HI/c1-5-24-16(23)21-13(11-6-7-11)9-19-14(17-2)18-8-12-10-25-15(20-12)22(3)4;/h10-11,13H,5-9H2,1-4H3,(H,21,23)(H2,17,18,19);1H. The van der Waals surface area contributed by atoms with Gasteiger partial charge in [-0.2, -0.15) is 0 Å². The van der Waals surface area contributed by atoms with E-state index in [1.807, 2.05) is 24.4 Å². The number of alkyl carbamates (subject to hydrolysis) is 1. The van der Waals surface area contributed by atoms with Crippen LogP contribution in [-0.4, -0.2) is 57.4 Å². The van der Waals surface area contributed by atoms with Crippen LogP contribution in [0.15, 0.2) is 10.4 Å². The number of amides is 1. The molecule has 8 nitrogen and oxygen atoms in total. The predicted molar refractivity (Wildman–Crippen MR) is 117 cm³/mol. The largest absolute Gasteiger partial charge is 0.450 e. The average Bonchev–Trinajstić information content (AvgIpc) is 3.31. The summed E-state index contributed by atoms with van der Waals surface area (Å²) in [4.78, 5) is 22.4. The van der Waals surface area contributed by atoms with Gasteiger partial charge in [-0.3, -0.25) is 4.99 Å². The molecule has 1 saturated carbocycles. The van der Waals surface area contributed by atoms with Crippen LogP contribution < -0.4 is 20.9 Å². The Balaban J connectivity index is 0.00000338. The molecule has 26 heavy (non-hydrogen) atoms. The molecule has 0 aliphatic heterocycles. The predicted octanol–water partition coefficient (Wildman–Crippen LogP) is 2.02. The number of hydrogen-bond acceptors (Lipinski definition) is 6. The van der Waals surface area contributed by atoms with Crippen molar-refractivity contribution in [2.75, 3.05) is 39.2 Å². The molecule has 0 spiro atoms. The third-order valence-corrected chi connectivity index (χ3v) is 4.90. The number of rotatable bonds is 8. The molecular formula is C16H29IN6O2S. The quantitative estimate of drug-likeness (QED) is 0.290. The molecular weight excluding hydrogens is 467 g/mol. The van der Waals surface area contributed by atoms with Crippen LogP contribution in [0.4, 0.5) is 9.93 Å². The molecule has 2 rings (SSSR count). The van der Waals surface area contributed by atoms with Gasteiger partial charge in [0.2, 0.25) is 0 Å². The number of nitrogens with zero attached hydrogens (tertiary/aromatic N) is 3. The summed E-state index contributed by atoms with van der Waals surface area (Å²) >= 11 is 1.61. The maximum Gasteiger partial charge on any atom is 0.407 e. The van der Waals surface area contributed by atoms with Gasteiger partial charge in [0.1, 0.15) is 0 Å². The number of guanidine groups is 1. The molecule has 1 fully saturated rings. The lowest BCUT2D eigenvalue weighted by molar-refractivity contribution is 0.146. The van der Waals surface area contributed by atoms with Gasteiger partial charge in [0.05, 0.1) is 24.9 Å². The highest BCUT2D eigenvalue weighted by atomic mass is 127. The minimum absolute atomic E-state index is 0. The zero-order valence-electron chi connectivity index (χ0n) is 15.7. The Morgan fingerprint density at radius 2 is 2.19 bits per heavy atom. The second kappa shape index (κ2) is 11.4. The van der Waals surface area contributed by atoms with Crippen molar-refractivity contribution < 1.29 is 9.53 Å². The van der Waals surface area contributed by atoms with Gasteiger partial charge in [-0.1, -0.05) is 0 Å². The molecule has 1 aliphatic rings. The van der Waals surface area contributed by atoms with Gasteiger partial charge in [-0.15, -0.1) is 35.3 Å². The van der Waals surface area contributed by atoms with Crippen LogP contribution in [0.2, 0.25) is 0 Å². The number of anilines is 1. The Morgan fingerprint density at radius 1 is 1.46 bits per heavy atom. The van der Waals surface area contributed by atoms with Gasteiger partial charge in [-0.05, 0) is 25.7 Å². The summed E-state index contributed by atoms with van der Waals surface area (Å²) in [5.74, 6) is 1.20. The first-order chi connectivity index (χ1) is 12.0. The monoisotopic (exact) mass is 496 g/mol. The molecule has 3 N–H and O–H groups in total. The van der Waals surface area contributed by atoms with Gasteiger partial charge in [0, 0.05) is 33.1 Å². The second-order valence-electron chi connectivity index (χ2n) is 6.13. The average molecular weight is 496 g/mol. The first-order valence-corrected chi connectivity index (χ1v) is 9.41. The van der Waals surface area contributed by atoms with Crippen LogP contribution in [0.3, 0.4) is 0 Å². The number of nitrogens with one attached hydrogen (secondary N) is 3. The molecule has 148 valence electrons. The maximum atomic E-state index is 11.6. The number of aromatic nitrogens is 1. The summed E-state index contributed by atoms with van der Waals surface area (Å²) in [6.07, 6.45) is 1.91. The molecule has 0 saturated heterocycles. The zero-order chi connectivity index (χ0) is 18.2. The van der Waals surface area contributed by atoms with Crippen molar-refractivity contribution in [1.82, 2.24) is 20.9 Å². The van der Waals surface area contributed by atoms with Crippen molar-refractivity contribution in [3.63, 3.8) is 0 Å². The molecule has 10 heteroatoms. The molecule has 1 aromatic heterocycles. The lowest BCUT2D eigenvalue weighted by atomic mass is 10.2. The van der Waals surface area contributed by atoms with Crippen molar-refractivity contribution in [1.29, 1.82) is 0 Å². The number of thiazole rings is 1. The van der Waals surface area contributed by atoms with E-state index in [4.69, 9.17) is 4.74 Å². The minimum atomic E-state index is -0.358. The second-order valence-corrected chi connectivity index (χ2v) is 6.97. The highest BCUT2D eigenvalue weighted by molar-refractivity contribution is 14.0. The molecule has 1 unspecified atom stereocenters. The fourth-order valence-corrected chi connectivity index (χ4v) is 3.10. The number of ether oxygens (including phenoxy) is 1. The summed E-state index contributed by atoms with van der Waals surface area (Å²) in [6, 6.07) is 0.0530. The van der Waals surface area contributed by atoms with E-state index in [9.17, 15) is 4.79 Å². The Bertz CT molecular complexity index is 591. The smallest absolute Gasteiger partial charge is 0.407 e. The van der Waals surface area contributed by atoms with E-state index in [-0.39, 0.29) is 36.1 Å². The van der Waals surface area contributed by atoms with Crippen LogP contribution in [-0.2, 0) is 11.3 Å².